The summed E-state index contributed by atoms with van der Waals surface area (Å²) in [6.07, 6.45) is 0.162. The first-order chi connectivity index (χ1) is 6.95. The SMILES string of the molecule is N=C(N)NOCCC(N)C(=O)O.O=[As][O-].[LiH].[Na+]. The molecule has 0 aromatic heterocycles. The van der Waals surface area contributed by atoms with Gasteiger partial charge < -0.3 is 16.6 Å². The maximum Gasteiger partial charge on any atom is 1.00 e. The Morgan fingerprint density at radius 3 is 2.35 bits per heavy atom. The molecule has 0 saturated heterocycles. The summed E-state index contributed by atoms with van der Waals surface area (Å²) < 4.78 is 16.9. The van der Waals surface area contributed by atoms with Gasteiger partial charge in [-0.25, -0.2) is 5.48 Å². The van der Waals surface area contributed by atoms with Crippen LogP contribution in [0.15, 0.2) is 0 Å². The van der Waals surface area contributed by atoms with E-state index in [9.17, 15) is 4.79 Å². The molecule has 0 radical (unpaired) electrons. The summed E-state index contributed by atoms with van der Waals surface area (Å²) in [7, 11) is 0. The van der Waals surface area contributed by atoms with Crippen molar-refractivity contribution in [2.45, 2.75) is 12.5 Å². The van der Waals surface area contributed by atoms with Crippen LogP contribution < -0.4 is 50.6 Å². The van der Waals surface area contributed by atoms with Crippen LogP contribution in [0.4, 0.5) is 0 Å². The zero-order valence-electron chi connectivity index (χ0n) is 8.67. The van der Waals surface area contributed by atoms with Crippen molar-refractivity contribution >= 4 is 46.8 Å². The molecule has 0 aliphatic rings. The van der Waals surface area contributed by atoms with Gasteiger partial charge in [-0.15, -0.1) is 0 Å². The fourth-order valence-corrected chi connectivity index (χ4v) is 0.438. The van der Waals surface area contributed by atoms with E-state index in [1.54, 1.807) is 0 Å². The standard InChI is InChI=1S/C5H12N4O3.AsHO2.Li.Na.H/c6-3(4(10)11)1-2-12-9-5(7)8;2-1-3;;;/h3H,1-2,6H2,(H,10,11)(H4,7,8,9);(H,2,3);;;/q;;;+1;/p-1. The van der Waals surface area contributed by atoms with Crippen molar-refractivity contribution in [1.29, 1.82) is 5.41 Å². The smallest absolute Gasteiger partial charge is 1.00 e. The third-order valence-electron chi connectivity index (χ3n) is 1.03. The van der Waals surface area contributed by atoms with Gasteiger partial charge >= 0.3 is 78.3 Å². The summed E-state index contributed by atoms with van der Waals surface area (Å²) in [5, 5.41) is 15.0. The average molecular weight is 314 g/mol. The molecule has 0 aromatic rings. The molecule has 0 fully saturated rings. The number of rotatable bonds is 5. The molecule has 0 bridgehead atoms. The molecule has 0 saturated carbocycles. The predicted molar refractivity (Wildman–Crippen MR) is 54.8 cm³/mol. The second-order valence-electron chi connectivity index (χ2n) is 2.17. The Balaban J connectivity index is -0.000000152. The van der Waals surface area contributed by atoms with Gasteiger partial charge in [0.05, 0.1) is 6.61 Å². The first-order valence-electron chi connectivity index (χ1n) is 3.60. The molecule has 0 aromatic carbocycles. The van der Waals surface area contributed by atoms with Crippen LogP contribution in [-0.4, -0.2) is 64.6 Å². The molecule has 7 N–H and O–H groups in total. The number of guanidine groups is 1. The largest absolute Gasteiger partial charge is 1.00 e. The molecule has 1 atom stereocenters. The first-order valence-corrected chi connectivity index (χ1v) is 5.14. The number of hydrogen-bond acceptors (Lipinski definition) is 6. The minimum Gasteiger partial charge on any atom is 1.00 e. The van der Waals surface area contributed by atoms with Crippen molar-refractivity contribution in [1.82, 2.24) is 5.48 Å². The quantitative estimate of drug-likeness (QED) is 0.109. The molecular weight excluding hydrogens is 301 g/mol. The van der Waals surface area contributed by atoms with Gasteiger partial charge in [-0.05, 0) is 6.42 Å². The molecule has 0 rings (SSSR count). The fraction of sp³-hybridized carbons (Fsp3) is 0.600. The van der Waals surface area contributed by atoms with E-state index in [0.29, 0.717) is 0 Å². The number of nitrogens with two attached hydrogens (primary N) is 2. The number of hydroxylamine groups is 1. The van der Waals surface area contributed by atoms with E-state index in [2.05, 4.69) is 10.3 Å². The minimum absolute atomic E-state index is 0. The Bertz CT molecular complexity index is 224. The van der Waals surface area contributed by atoms with E-state index < -0.39 is 28.0 Å². The van der Waals surface area contributed by atoms with Crippen molar-refractivity contribution in [3.63, 3.8) is 0 Å². The minimum atomic E-state index is -1.81. The second kappa shape index (κ2) is 18.9. The van der Waals surface area contributed by atoms with Crippen LogP contribution in [0, 0.1) is 5.41 Å². The van der Waals surface area contributed by atoms with E-state index in [-0.39, 0.29) is 67.4 Å². The Morgan fingerprint density at radius 2 is 2.06 bits per heavy atom. The molecule has 0 heterocycles. The summed E-state index contributed by atoms with van der Waals surface area (Å²) in [4.78, 5) is 14.7. The molecule has 90 valence electrons. The normalized spacial score (nSPS) is 9.76. The van der Waals surface area contributed by atoms with E-state index in [1.165, 1.54) is 0 Å². The Kier molecular flexibility index (Phi) is 29.2. The summed E-state index contributed by atoms with van der Waals surface area (Å²) in [6, 6.07) is -0.946. The van der Waals surface area contributed by atoms with Crippen molar-refractivity contribution in [2.24, 2.45) is 11.5 Å². The van der Waals surface area contributed by atoms with Gasteiger partial charge in [0.15, 0.2) is 0 Å². The monoisotopic (exact) mass is 314 g/mol. The average Bonchev–Trinajstić information content (AvgIpc) is 2.12. The molecule has 17 heavy (non-hydrogen) atoms. The van der Waals surface area contributed by atoms with Crippen LogP contribution >= 0.6 is 0 Å². The van der Waals surface area contributed by atoms with Crippen molar-refractivity contribution in [2.75, 3.05) is 6.61 Å². The third-order valence-corrected chi connectivity index (χ3v) is 1.03. The van der Waals surface area contributed by atoms with Crippen LogP contribution in [-0.2, 0) is 13.4 Å². The van der Waals surface area contributed by atoms with E-state index in [1.807, 2.05) is 0 Å². The molecular formula is C5H13AsLiN4NaO5. The van der Waals surface area contributed by atoms with Crippen LogP contribution in [0.2, 0.25) is 0 Å². The molecule has 9 nitrogen and oxygen atoms in total. The number of carboxylic acids is 1. The number of carbonyl (C=O) groups is 1. The third kappa shape index (κ3) is 26.3. The number of aliphatic carboxylic acids is 1. The Labute approximate surface area is 139 Å². The van der Waals surface area contributed by atoms with Gasteiger partial charge in [0.1, 0.15) is 6.04 Å². The number of nitrogens with one attached hydrogen (secondary N) is 2. The van der Waals surface area contributed by atoms with Crippen LogP contribution in [0.5, 0.6) is 0 Å². The van der Waals surface area contributed by atoms with Gasteiger partial charge in [0.2, 0.25) is 5.96 Å². The number of hydrogen-bond donors (Lipinski definition) is 5. The topological polar surface area (TPSA) is 175 Å². The molecule has 12 heteroatoms. The Morgan fingerprint density at radius 1 is 1.65 bits per heavy atom. The van der Waals surface area contributed by atoms with Crippen LogP contribution in [0.3, 0.4) is 0 Å². The van der Waals surface area contributed by atoms with E-state index in [4.69, 9.17) is 29.8 Å². The summed E-state index contributed by atoms with van der Waals surface area (Å²) in [5.41, 5.74) is 12.1. The van der Waals surface area contributed by atoms with Gasteiger partial charge in [0, 0.05) is 0 Å². The van der Waals surface area contributed by atoms with E-state index in [0.717, 1.165) is 0 Å². The maximum atomic E-state index is 10.2. The van der Waals surface area contributed by atoms with Crippen molar-refractivity contribution in [3.05, 3.63) is 0 Å². The van der Waals surface area contributed by atoms with E-state index >= 15 is 0 Å². The zero-order valence-corrected chi connectivity index (χ0v) is 12.6. The fourth-order valence-electron chi connectivity index (χ4n) is 0.438. The Hall–Kier alpha value is 0.576. The summed E-state index contributed by atoms with van der Waals surface area (Å²) in [5.74, 6) is -1.42. The van der Waals surface area contributed by atoms with Crippen LogP contribution in [0.1, 0.15) is 6.42 Å². The zero-order chi connectivity index (χ0) is 12.3. The molecule has 1 unspecified atom stereocenters. The summed E-state index contributed by atoms with van der Waals surface area (Å²) >= 11 is -1.81. The maximum absolute atomic E-state index is 10.2. The van der Waals surface area contributed by atoms with Crippen LogP contribution in [0.25, 0.3) is 0 Å². The van der Waals surface area contributed by atoms with Gasteiger partial charge in [-0.2, -0.15) is 0 Å². The van der Waals surface area contributed by atoms with Crippen molar-refractivity contribution in [3.8, 4) is 0 Å². The van der Waals surface area contributed by atoms with Gasteiger partial charge in [0.25, 0.3) is 0 Å². The molecule has 0 spiro atoms. The van der Waals surface area contributed by atoms with Gasteiger partial charge in [-0.3, -0.25) is 15.0 Å². The predicted octanol–water partition coefficient (Wildman–Crippen LogP) is -7.13. The summed E-state index contributed by atoms with van der Waals surface area (Å²) in [6.45, 7) is 0.0903. The molecule has 0 aliphatic carbocycles. The second-order valence-corrected chi connectivity index (χ2v) is 2.48. The number of carboxylic acid groups (broad SMARTS) is 1. The van der Waals surface area contributed by atoms with Crippen molar-refractivity contribution < 1.29 is 52.1 Å². The molecule has 0 amide bonds. The molecule has 0 aliphatic heterocycles. The first kappa shape index (κ1) is 26.2. The van der Waals surface area contributed by atoms with Gasteiger partial charge in [-0.1, -0.05) is 0 Å².